The Labute approximate surface area is 758 Å². The molecule has 6 atom stereocenters. The lowest BCUT2D eigenvalue weighted by Gasteiger charge is -2.48. The van der Waals surface area contributed by atoms with Crippen LogP contribution in [0.2, 0.25) is 0 Å². The van der Waals surface area contributed by atoms with Gasteiger partial charge in [-0.05, 0) is 161 Å². The molecule has 6 aromatic carbocycles. The lowest BCUT2D eigenvalue weighted by atomic mass is 9.99. The molecule has 132 heavy (non-hydrogen) atoms. The summed E-state index contributed by atoms with van der Waals surface area (Å²) in [4.78, 5) is 107. The number of benzene rings is 6. The standard InChI is InChI=1S/C35H38F2N4O5.2C33H32F2N4O4/c1-19(2)22-11-8-9-13-26(22)41-32-23(15-25(37)29(38-32)28-24(36)12-10-14-27(28)44-7)30-31(33(41)42)45-18-21-17-39(20(3)16-40(21)30)34(43)46-35(4,5)6;2*1-6-27(40)37-16-20-17-43-31-30(38(20)15-19(37)4)22-14-24(35)29(28-23(34)11-9-13-26(28)42-5)36-32(22)39(33(31)41)25-12-8-7-10-21(25)18(2)3/h8-15,19-21H,16-18H2,1-7H3;2*6-14,18-20H,1,15-17H2,2-5H3/t20-,21-;2*19-,20-/m111/s1. The van der Waals surface area contributed by atoms with Gasteiger partial charge in [-0.25, -0.2) is 46.1 Å². The van der Waals surface area contributed by atoms with Crippen molar-refractivity contribution in [2.75, 3.05) is 95.1 Å². The predicted octanol–water partition coefficient (Wildman–Crippen LogP) is 17.6. The molecule has 0 saturated carbocycles. The van der Waals surface area contributed by atoms with Crippen LogP contribution in [0.4, 0.5) is 48.2 Å². The molecule has 0 bridgehead atoms. The fourth-order valence-electron chi connectivity index (χ4n) is 18.8. The number of anilines is 3. The number of methoxy groups -OCH3 is 3. The summed E-state index contributed by atoms with van der Waals surface area (Å²) in [7, 11) is 4.12. The van der Waals surface area contributed by atoms with Crippen molar-refractivity contribution in [3.63, 3.8) is 0 Å². The maximum Gasteiger partial charge on any atom is 0.410 e. The van der Waals surface area contributed by atoms with Crippen molar-refractivity contribution in [3.8, 4) is 85.3 Å². The number of carbonyl (C=O) groups is 3. The van der Waals surface area contributed by atoms with Crippen LogP contribution >= 0.6 is 0 Å². The summed E-state index contributed by atoms with van der Waals surface area (Å²) < 4.78 is 139. The first-order valence-corrected chi connectivity index (χ1v) is 43.8. The highest BCUT2D eigenvalue weighted by atomic mass is 19.1. The average molecular weight is 1810 g/mol. The zero-order valence-corrected chi connectivity index (χ0v) is 75.9. The third-order valence-corrected chi connectivity index (χ3v) is 25.0. The highest BCUT2D eigenvalue weighted by molar-refractivity contribution is 6.00. The van der Waals surface area contributed by atoms with E-state index in [0.717, 1.165) is 16.7 Å². The topological polar surface area (TPSA) is 240 Å². The average Bonchev–Trinajstić information content (AvgIpc) is 0.723. The van der Waals surface area contributed by atoms with E-state index in [1.807, 2.05) is 171 Å². The van der Waals surface area contributed by atoms with Gasteiger partial charge in [-0.15, -0.1) is 0 Å². The number of hydrogen-bond acceptors (Lipinski definition) is 19. The molecule has 25 nitrogen and oxygen atoms in total. The quantitative estimate of drug-likeness (QED) is 0.0726. The van der Waals surface area contributed by atoms with Crippen LogP contribution in [-0.4, -0.2) is 184 Å². The van der Waals surface area contributed by atoms with E-state index < -0.39 is 63.3 Å². The van der Waals surface area contributed by atoms with E-state index in [-0.39, 0.29) is 177 Å². The van der Waals surface area contributed by atoms with Crippen LogP contribution in [0.25, 0.3) is 83.9 Å². The number of aromatic nitrogens is 6. The van der Waals surface area contributed by atoms with Crippen LogP contribution in [0.1, 0.15) is 118 Å². The highest BCUT2D eigenvalue weighted by Crippen LogP contribution is 2.49. The number of amides is 3. The molecule has 3 amide bonds. The van der Waals surface area contributed by atoms with E-state index >= 15 is 26.3 Å². The van der Waals surface area contributed by atoms with Crippen LogP contribution in [0.3, 0.4) is 0 Å². The van der Waals surface area contributed by atoms with Crippen LogP contribution in [0.5, 0.6) is 34.5 Å². The van der Waals surface area contributed by atoms with E-state index in [9.17, 15) is 28.8 Å². The van der Waals surface area contributed by atoms with Crippen LogP contribution in [0.15, 0.2) is 185 Å². The minimum absolute atomic E-state index is 0.0350. The second-order valence-electron chi connectivity index (χ2n) is 35.5. The molecule has 6 aromatic heterocycles. The van der Waals surface area contributed by atoms with Gasteiger partial charge in [0.15, 0.2) is 34.4 Å². The van der Waals surface area contributed by atoms with Gasteiger partial charge in [0.2, 0.25) is 29.1 Å². The number of nitrogens with zero attached hydrogens (tertiary/aromatic N) is 12. The van der Waals surface area contributed by atoms with Gasteiger partial charge in [-0.1, -0.05) is 127 Å². The Morgan fingerprint density at radius 1 is 0.409 bits per heavy atom. The number of rotatable bonds is 14. The molecule has 0 radical (unpaired) electrons. The molecule has 6 aliphatic heterocycles. The summed E-state index contributed by atoms with van der Waals surface area (Å²) in [5.41, 5.74) is 2.66. The summed E-state index contributed by atoms with van der Waals surface area (Å²) in [5.74, 6) is -4.19. The Kier molecular flexibility index (Phi) is 25.1. The summed E-state index contributed by atoms with van der Waals surface area (Å²) in [6.07, 6.45) is 2.12. The SMILES string of the molecule is C=CC(=O)N1C[C@@H]2COc3c(c4cc(F)c(-c5c(F)cccc5OC)nc4n(-c4ccccc4C(C)C)c3=O)N2C[C@H]1C.C=CC(=O)N1C[C@@H]2COc3c(c4cc(F)c(-c5c(F)cccc5OC)nc4n(-c4ccccc4C(C)C)c3=O)N2C[C@H]1C.COc1cccc(F)c1-c1nc2c(cc1F)c1c(c(=O)n2-c2ccccc2C(C)C)OC[C@H]2CN(C(=O)OC(C)(C)C)[C@H](C)CN12. The number of pyridine rings is 6. The first kappa shape index (κ1) is 91.2. The number of carbonyl (C=O) groups excluding carboxylic acids is 3. The van der Waals surface area contributed by atoms with E-state index in [2.05, 4.69) is 23.1 Å². The fourth-order valence-corrected chi connectivity index (χ4v) is 18.8. The molecule has 6 aliphatic rings. The smallest absolute Gasteiger partial charge is 0.410 e. The number of hydrogen-bond donors (Lipinski definition) is 0. The van der Waals surface area contributed by atoms with Gasteiger partial charge in [-0.3, -0.25) is 37.7 Å². The van der Waals surface area contributed by atoms with Gasteiger partial charge >= 0.3 is 22.8 Å². The van der Waals surface area contributed by atoms with Crippen molar-refractivity contribution in [1.29, 1.82) is 0 Å². The molecule has 0 unspecified atom stereocenters. The first-order chi connectivity index (χ1) is 63.1. The number of fused-ring (bicyclic) bond motifs is 15. The molecule has 3 fully saturated rings. The fraction of sp³-hybridized carbons (Fsp3) is 0.337. The summed E-state index contributed by atoms with van der Waals surface area (Å²) in [6, 6.07) is 37.2. The van der Waals surface area contributed by atoms with Crippen molar-refractivity contribution in [1.82, 2.24) is 43.4 Å². The second-order valence-corrected chi connectivity index (χ2v) is 35.5. The van der Waals surface area contributed by atoms with E-state index in [0.29, 0.717) is 83.0 Å². The third-order valence-electron chi connectivity index (χ3n) is 25.0. The summed E-state index contributed by atoms with van der Waals surface area (Å²) in [5, 5.41) is 1.00. The van der Waals surface area contributed by atoms with Crippen molar-refractivity contribution >= 4 is 68.1 Å². The Balaban J connectivity index is 0.000000145. The molecule has 12 aromatic rings. The zero-order chi connectivity index (χ0) is 94.2. The highest BCUT2D eigenvalue weighted by Gasteiger charge is 2.46. The van der Waals surface area contributed by atoms with Crippen molar-refractivity contribution in [2.24, 2.45) is 0 Å². The van der Waals surface area contributed by atoms with E-state index in [4.69, 9.17) is 38.1 Å². The van der Waals surface area contributed by atoms with Crippen molar-refractivity contribution in [2.45, 2.75) is 143 Å². The van der Waals surface area contributed by atoms with Gasteiger partial charge in [0.1, 0.15) is 77.2 Å². The monoisotopic (exact) mass is 1800 g/mol. The lowest BCUT2D eigenvalue weighted by molar-refractivity contribution is -0.130. The predicted molar refractivity (Wildman–Crippen MR) is 495 cm³/mol. The Hall–Kier alpha value is -14.1. The number of piperazine rings is 3. The largest absolute Gasteiger partial charge is 0.496 e. The van der Waals surface area contributed by atoms with E-state index in [1.54, 1.807) is 14.7 Å². The third kappa shape index (κ3) is 16.2. The van der Waals surface area contributed by atoms with Gasteiger partial charge in [0.05, 0.1) is 90.3 Å². The minimum Gasteiger partial charge on any atom is -0.496 e. The molecule has 12 heterocycles. The normalized spacial score (nSPS) is 17.8. The van der Waals surface area contributed by atoms with Gasteiger partial charge in [0.25, 0.3) is 0 Å². The lowest BCUT2D eigenvalue weighted by Crippen LogP contribution is -2.62. The summed E-state index contributed by atoms with van der Waals surface area (Å²) in [6.45, 7) is 33.0. The summed E-state index contributed by atoms with van der Waals surface area (Å²) >= 11 is 0. The number of ether oxygens (including phenoxy) is 7. The van der Waals surface area contributed by atoms with Crippen molar-refractivity contribution in [3.05, 3.63) is 254 Å². The Morgan fingerprint density at radius 2 is 0.689 bits per heavy atom. The minimum atomic E-state index is -0.789. The van der Waals surface area contributed by atoms with Crippen LogP contribution in [-0.2, 0) is 14.3 Å². The molecule has 686 valence electrons. The Bertz CT molecular complexity index is 6590. The van der Waals surface area contributed by atoms with Crippen LogP contribution < -0.4 is 59.8 Å². The molecular formula is C101H102F6N12O13. The van der Waals surface area contributed by atoms with Gasteiger partial charge < -0.3 is 62.6 Å². The maximum atomic E-state index is 16.2. The van der Waals surface area contributed by atoms with Crippen molar-refractivity contribution < 1.29 is 73.9 Å². The first-order valence-electron chi connectivity index (χ1n) is 43.8. The molecule has 0 spiro atoms. The maximum absolute atomic E-state index is 16.2. The molecule has 0 aliphatic carbocycles. The molecule has 31 heteroatoms. The second kappa shape index (κ2) is 36.3. The van der Waals surface area contributed by atoms with Crippen LogP contribution in [0, 0.1) is 34.9 Å². The number of halogens is 6. The number of para-hydroxylation sites is 3. The van der Waals surface area contributed by atoms with E-state index in [1.165, 1.54) is 120 Å². The molecule has 0 N–H and O–H groups in total. The molecule has 3 saturated heterocycles. The molecule has 18 rings (SSSR count). The zero-order valence-electron chi connectivity index (χ0n) is 75.9. The Morgan fingerprint density at radius 3 is 0.962 bits per heavy atom. The molecular weight excluding hydrogens is 1700 g/mol. The van der Waals surface area contributed by atoms with Gasteiger partial charge in [-0.2, -0.15) is 0 Å². The van der Waals surface area contributed by atoms with Gasteiger partial charge in [0, 0.05) is 73.6 Å².